The predicted octanol–water partition coefficient (Wildman–Crippen LogP) is 6.22. The van der Waals surface area contributed by atoms with Gasteiger partial charge in [0.1, 0.15) is 0 Å². The summed E-state index contributed by atoms with van der Waals surface area (Å²) in [6.07, 6.45) is 16.4. The van der Waals surface area contributed by atoms with Crippen molar-refractivity contribution < 1.29 is 0 Å². The van der Waals surface area contributed by atoms with Gasteiger partial charge < -0.3 is 0 Å². The molecule has 0 radical (unpaired) electrons. The van der Waals surface area contributed by atoms with Crippen molar-refractivity contribution in [3.05, 3.63) is 11.6 Å². The van der Waals surface area contributed by atoms with Crippen molar-refractivity contribution in [2.24, 2.45) is 35.5 Å². The van der Waals surface area contributed by atoms with Crippen LogP contribution in [0.1, 0.15) is 78.6 Å². The van der Waals surface area contributed by atoms with Crippen LogP contribution < -0.4 is 0 Å². The Kier molecular flexibility index (Phi) is 4.58. The molecule has 0 bridgehead atoms. The standard InChI is InChI=1S/C18H28.C2H6/c1-12-5-8-16-14(11-12)7-10-17-15-4-2-3-13(15)6-9-18(16)17;1-2/h7,12-13,15-18H,2-6,8-11H2,1H3;1-2H3. The van der Waals surface area contributed by atoms with E-state index in [0.29, 0.717) is 0 Å². The maximum Gasteiger partial charge on any atom is -0.0172 e. The van der Waals surface area contributed by atoms with E-state index < -0.39 is 0 Å². The van der Waals surface area contributed by atoms with Crippen molar-refractivity contribution in [3.8, 4) is 0 Å². The topological polar surface area (TPSA) is 0 Å². The lowest BCUT2D eigenvalue weighted by atomic mass is 9.56. The molecule has 0 aromatic rings. The second-order valence-electron chi connectivity index (χ2n) is 7.77. The number of hydrogen-bond donors (Lipinski definition) is 0. The monoisotopic (exact) mass is 274 g/mol. The molecule has 114 valence electrons. The first-order valence-corrected chi connectivity index (χ1v) is 9.52. The summed E-state index contributed by atoms with van der Waals surface area (Å²) in [6.45, 7) is 6.46. The molecular weight excluding hydrogens is 240 g/mol. The van der Waals surface area contributed by atoms with Gasteiger partial charge in [-0.05, 0) is 80.5 Å². The molecule has 0 spiro atoms. The number of fused-ring (bicyclic) bond motifs is 5. The Bertz CT molecular complexity index is 353. The van der Waals surface area contributed by atoms with Gasteiger partial charge in [0, 0.05) is 0 Å². The number of hydrogen-bond acceptors (Lipinski definition) is 0. The Morgan fingerprint density at radius 1 is 0.850 bits per heavy atom. The predicted molar refractivity (Wildman–Crippen MR) is 87.6 cm³/mol. The van der Waals surface area contributed by atoms with Gasteiger partial charge in [0.05, 0.1) is 0 Å². The highest BCUT2D eigenvalue weighted by atomic mass is 14.5. The molecule has 3 fully saturated rings. The fourth-order valence-corrected chi connectivity index (χ4v) is 6.09. The minimum atomic E-state index is 0.965. The average molecular weight is 274 g/mol. The molecule has 4 rings (SSSR count). The van der Waals surface area contributed by atoms with Gasteiger partial charge in [-0.15, -0.1) is 0 Å². The van der Waals surface area contributed by atoms with Crippen LogP contribution in [-0.4, -0.2) is 0 Å². The first-order valence-electron chi connectivity index (χ1n) is 9.52. The zero-order chi connectivity index (χ0) is 14.1. The van der Waals surface area contributed by atoms with Gasteiger partial charge in [0.2, 0.25) is 0 Å². The summed E-state index contributed by atoms with van der Waals surface area (Å²) in [4.78, 5) is 0. The molecule has 20 heavy (non-hydrogen) atoms. The maximum absolute atomic E-state index is 2.70. The zero-order valence-electron chi connectivity index (χ0n) is 13.9. The summed E-state index contributed by atoms with van der Waals surface area (Å²) in [7, 11) is 0. The third kappa shape index (κ3) is 2.48. The van der Waals surface area contributed by atoms with Crippen molar-refractivity contribution in [3.63, 3.8) is 0 Å². The SMILES string of the molecule is CC.CC1CCC2C(=CCC3C4CCCC4CCC23)C1. The highest BCUT2D eigenvalue weighted by molar-refractivity contribution is 5.18. The van der Waals surface area contributed by atoms with Crippen LogP contribution in [0.4, 0.5) is 0 Å². The summed E-state index contributed by atoms with van der Waals surface area (Å²) >= 11 is 0. The van der Waals surface area contributed by atoms with E-state index in [2.05, 4.69) is 13.0 Å². The van der Waals surface area contributed by atoms with E-state index in [4.69, 9.17) is 0 Å². The summed E-state index contributed by atoms with van der Waals surface area (Å²) < 4.78 is 0. The van der Waals surface area contributed by atoms with Crippen molar-refractivity contribution in [1.82, 2.24) is 0 Å². The minimum absolute atomic E-state index is 0.965. The fourth-order valence-electron chi connectivity index (χ4n) is 6.09. The first kappa shape index (κ1) is 14.7. The number of allylic oxidation sites excluding steroid dienone is 2. The Morgan fingerprint density at radius 2 is 1.70 bits per heavy atom. The molecule has 0 heteroatoms. The van der Waals surface area contributed by atoms with Crippen LogP contribution in [0, 0.1) is 35.5 Å². The highest BCUT2D eigenvalue weighted by Crippen LogP contribution is 2.56. The van der Waals surface area contributed by atoms with Crippen LogP contribution in [0.3, 0.4) is 0 Å². The summed E-state index contributed by atoms with van der Waals surface area (Å²) in [5, 5.41) is 0. The lowest BCUT2D eigenvalue weighted by molar-refractivity contribution is 0.0597. The molecule has 0 N–H and O–H groups in total. The van der Waals surface area contributed by atoms with Gasteiger partial charge in [-0.25, -0.2) is 0 Å². The molecule has 0 aromatic carbocycles. The first-order chi connectivity index (χ1) is 9.83. The van der Waals surface area contributed by atoms with E-state index in [9.17, 15) is 0 Å². The minimum Gasteiger partial charge on any atom is -0.0847 e. The van der Waals surface area contributed by atoms with Crippen LogP contribution in [0.2, 0.25) is 0 Å². The molecule has 0 nitrogen and oxygen atoms in total. The van der Waals surface area contributed by atoms with E-state index in [1.165, 1.54) is 32.1 Å². The van der Waals surface area contributed by atoms with Gasteiger partial charge >= 0.3 is 0 Å². The van der Waals surface area contributed by atoms with E-state index in [1.807, 2.05) is 19.4 Å². The summed E-state index contributed by atoms with van der Waals surface area (Å²) in [6, 6.07) is 0. The molecule has 6 unspecified atom stereocenters. The molecule has 4 aliphatic rings. The Hall–Kier alpha value is -0.260. The molecular formula is C20H34. The van der Waals surface area contributed by atoms with Crippen LogP contribution in [0.5, 0.6) is 0 Å². The molecule has 0 saturated heterocycles. The second-order valence-corrected chi connectivity index (χ2v) is 7.77. The van der Waals surface area contributed by atoms with Crippen LogP contribution in [0.25, 0.3) is 0 Å². The lowest BCUT2D eigenvalue weighted by Gasteiger charge is -2.49. The molecule has 6 atom stereocenters. The highest BCUT2D eigenvalue weighted by Gasteiger charge is 2.46. The van der Waals surface area contributed by atoms with E-state index in [-0.39, 0.29) is 0 Å². The molecule has 0 aromatic heterocycles. The van der Waals surface area contributed by atoms with Crippen LogP contribution >= 0.6 is 0 Å². The van der Waals surface area contributed by atoms with Gasteiger partial charge in [-0.1, -0.05) is 45.3 Å². The van der Waals surface area contributed by atoms with Crippen LogP contribution in [0.15, 0.2) is 11.6 Å². The Labute approximate surface area is 126 Å². The van der Waals surface area contributed by atoms with Crippen molar-refractivity contribution in [2.75, 3.05) is 0 Å². The van der Waals surface area contributed by atoms with Crippen molar-refractivity contribution in [1.29, 1.82) is 0 Å². The third-order valence-corrected chi connectivity index (χ3v) is 6.89. The Balaban J connectivity index is 0.000000581. The Morgan fingerprint density at radius 3 is 2.55 bits per heavy atom. The summed E-state index contributed by atoms with van der Waals surface area (Å²) in [5.41, 5.74) is 1.88. The molecule has 0 heterocycles. The fraction of sp³-hybridized carbons (Fsp3) is 0.900. The largest absolute Gasteiger partial charge is 0.0847 e. The van der Waals surface area contributed by atoms with Gasteiger partial charge in [0.15, 0.2) is 0 Å². The molecule has 0 aliphatic heterocycles. The summed E-state index contributed by atoms with van der Waals surface area (Å²) in [5.74, 6) is 6.42. The number of rotatable bonds is 0. The van der Waals surface area contributed by atoms with Crippen LogP contribution in [-0.2, 0) is 0 Å². The third-order valence-electron chi connectivity index (χ3n) is 6.89. The smallest absolute Gasteiger partial charge is 0.0172 e. The van der Waals surface area contributed by atoms with E-state index >= 15 is 0 Å². The zero-order valence-corrected chi connectivity index (χ0v) is 13.9. The van der Waals surface area contributed by atoms with E-state index in [0.717, 1.165) is 35.5 Å². The van der Waals surface area contributed by atoms with Gasteiger partial charge in [-0.2, -0.15) is 0 Å². The maximum atomic E-state index is 2.70. The van der Waals surface area contributed by atoms with Crippen molar-refractivity contribution in [2.45, 2.75) is 78.6 Å². The molecule has 0 amide bonds. The molecule has 3 saturated carbocycles. The quantitative estimate of drug-likeness (QED) is 0.460. The lowest BCUT2D eigenvalue weighted by Crippen LogP contribution is -2.40. The van der Waals surface area contributed by atoms with E-state index in [1.54, 1.807) is 25.7 Å². The molecule has 4 aliphatic carbocycles. The normalized spacial score (nSPS) is 46.2. The second kappa shape index (κ2) is 6.24. The van der Waals surface area contributed by atoms with Gasteiger partial charge in [-0.3, -0.25) is 0 Å². The van der Waals surface area contributed by atoms with Crippen molar-refractivity contribution >= 4 is 0 Å². The average Bonchev–Trinajstić information content (AvgIpc) is 2.97. The van der Waals surface area contributed by atoms with Gasteiger partial charge in [0.25, 0.3) is 0 Å².